The third-order valence-corrected chi connectivity index (χ3v) is 7.17. The number of piperazine rings is 1. The van der Waals surface area contributed by atoms with Crippen LogP contribution in [0, 0.1) is 19.7 Å². The van der Waals surface area contributed by atoms with Crippen LogP contribution in [-0.4, -0.2) is 62.8 Å². The molecule has 4 heterocycles. The molecule has 4 aromatic rings. The highest BCUT2D eigenvalue weighted by Gasteiger charge is 2.25. The number of hydrogen-bond donors (Lipinski definition) is 2. The number of hydrogen-bond acceptors (Lipinski definition) is 6. The van der Waals surface area contributed by atoms with Gasteiger partial charge in [-0.3, -0.25) is 15.1 Å². The molecule has 1 saturated heterocycles. The average Bonchev–Trinajstić information content (AvgIpc) is 3.39. The number of nitrogens with zero attached hydrogens (tertiary/aromatic N) is 6. The number of nitrogens with one attached hydrogen (secondary N) is 2. The van der Waals surface area contributed by atoms with E-state index in [1.54, 1.807) is 27.9 Å². The van der Waals surface area contributed by atoms with Crippen LogP contribution in [0.1, 0.15) is 48.2 Å². The summed E-state index contributed by atoms with van der Waals surface area (Å²) >= 11 is 0. The number of urea groups is 1. The van der Waals surface area contributed by atoms with Crippen LogP contribution in [0.25, 0.3) is 5.69 Å². The number of aryl methyl sites for hydroxylation is 2. The first-order valence-electron chi connectivity index (χ1n) is 13.9. The number of halogens is 1. The van der Waals surface area contributed by atoms with Gasteiger partial charge in [-0.15, -0.1) is 0 Å². The van der Waals surface area contributed by atoms with Crippen molar-refractivity contribution >= 4 is 29.3 Å². The van der Waals surface area contributed by atoms with Gasteiger partial charge in [0, 0.05) is 43.4 Å². The van der Waals surface area contributed by atoms with Crippen LogP contribution in [0.3, 0.4) is 0 Å². The SMILES string of the molecule is Cc1ccc(-n2nc(C(C)(C)C)cc2NC(=O)Nc2ccc(N3CCN(C(=O)c4ccccc4F)CC3)nc2C)cn1. The molecule has 3 amide bonds. The van der Waals surface area contributed by atoms with E-state index >= 15 is 0 Å². The molecule has 0 atom stereocenters. The molecule has 0 unspecified atom stereocenters. The summed E-state index contributed by atoms with van der Waals surface area (Å²) in [5.74, 6) is 0.446. The van der Waals surface area contributed by atoms with Gasteiger partial charge in [-0.2, -0.15) is 5.10 Å². The zero-order valence-corrected chi connectivity index (χ0v) is 24.5. The lowest BCUT2D eigenvalue weighted by Gasteiger charge is -2.35. The molecular formula is C31H35FN8O2. The molecule has 0 aliphatic carbocycles. The topological polar surface area (TPSA) is 108 Å². The van der Waals surface area contributed by atoms with E-state index in [-0.39, 0.29) is 16.9 Å². The van der Waals surface area contributed by atoms with Crippen molar-refractivity contribution in [1.82, 2.24) is 24.6 Å². The first-order chi connectivity index (χ1) is 20.0. The van der Waals surface area contributed by atoms with Gasteiger partial charge in [0.25, 0.3) is 5.91 Å². The van der Waals surface area contributed by atoms with Crippen LogP contribution in [0.5, 0.6) is 0 Å². The number of rotatable bonds is 5. The Morgan fingerprint density at radius 1 is 0.929 bits per heavy atom. The summed E-state index contributed by atoms with van der Waals surface area (Å²) in [4.78, 5) is 38.6. The molecule has 0 bridgehead atoms. The summed E-state index contributed by atoms with van der Waals surface area (Å²) in [7, 11) is 0. The molecule has 0 spiro atoms. The van der Waals surface area contributed by atoms with Gasteiger partial charge in [0.2, 0.25) is 0 Å². The fourth-order valence-corrected chi connectivity index (χ4v) is 4.69. The Bertz CT molecular complexity index is 1600. The molecule has 1 fully saturated rings. The predicted octanol–water partition coefficient (Wildman–Crippen LogP) is 5.32. The first kappa shape index (κ1) is 28.7. The first-order valence-corrected chi connectivity index (χ1v) is 13.9. The van der Waals surface area contributed by atoms with Crippen LogP contribution in [0.15, 0.2) is 60.8 Å². The Hall–Kier alpha value is -4.80. The Kier molecular flexibility index (Phi) is 7.93. The minimum absolute atomic E-state index is 0.0850. The molecule has 1 aromatic carbocycles. The highest BCUT2D eigenvalue weighted by atomic mass is 19.1. The quantitative estimate of drug-likeness (QED) is 0.336. The number of aromatic nitrogens is 4. The van der Waals surface area contributed by atoms with Crippen molar-refractivity contribution in [2.45, 2.75) is 40.0 Å². The minimum Gasteiger partial charge on any atom is -0.353 e. The van der Waals surface area contributed by atoms with Gasteiger partial charge in [-0.25, -0.2) is 18.9 Å². The fraction of sp³-hybridized carbons (Fsp3) is 0.323. The van der Waals surface area contributed by atoms with E-state index in [1.165, 1.54) is 12.1 Å². The highest BCUT2D eigenvalue weighted by Crippen LogP contribution is 2.27. The highest BCUT2D eigenvalue weighted by molar-refractivity contribution is 6.00. The van der Waals surface area contributed by atoms with Crippen LogP contribution >= 0.6 is 0 Å². The molecule has 1 aliphatic heterocycles. The lowest BCUT2D eigenvalue weighted by atomic mass is 9.92. The van der Waals surface area contributed by atoms with Crippen molar-refractivity contribution in [3.05, 3.63) is 89.3 Å². The zero-order chi connectivity index (χ0) is 30.0. The normalized spacial score (nSPS) is 13.7. The smallest absolute Gasteiger partial charge is 0.324 e. The number of amides is 3. The summed E-state index contributed by atoms with van der Waals surface area (Å²) in [5.41, 5.74) is 3.55. The van der Waals surface area contributed by atoms with Crippen molar-refractivity contribution < 1.29 is 14.0 Å². The van der Waals surface area contributed by atoms with Gasteiger partial charge in [-0.05, 0) is 50.2 Å². The van der Waals surface area contributed by atoms with Gasteiger partial charge < -0.3 is 15.1 Å². The predicted molar refractivity (Wildman–Crippen MR) is 161 cm³/mol. The van der Waals surface area contributed by atoms with Crippen LogP contribution < -0.4 is 15.5 Å². The van der Waals surface area contributed by atoms with E-state index in [4.69, 9.17) is 10.1 Å². The Morgan fingerprint density at radius 3 is 2.31 bits per heavy atom. The average molecular weight is 571 g/mol. The molecule has 42 heavy (non-hydrogen) atoms. The van der Waals surface area contributed by atoms with Crippen LogP contribution in [0.2, 0.25) is 0 Å². The maximum atomic E-state index is 14.1. The molecule has 218 valence electrons. The number of pyridine rings is 2. The summed E-state index contributed by atoms with van der Waals surface area (Å²) in [6.45, 7) is 12.0. The van der Waals surface area contributed by atoms with Gasteiger partial charge in [0.15, 0.2) is 0 Å². The molecular weight excluding hydrogens is 535 g/mol. The summed E-state index contributed by atoms with van der Waals surface area (Å²) in [5, 5.41) is 10.6. The van der Waals surface area contributed by atoms with Gasteiger partial charge in [0.05, 0.1) is 34.5 Å². The second-order valence-electron chi connectivity index (χ2n) is 11.4. The number of anilines is 3. The third kappa shape index (κ3) is 6.24. The number of benzene rings is 1. The summed E-state index contributed by atoms with van der Waals surface area (Å²) in [6, 6.07) is 14.9. The van der Waals surface area contributed by atoms with Gasteiger partial charge >= 0.3 is 6.03 Å². The van der Waals surface area contributed by atoms with E-state index in [0.29, 0.717) is 43.4 Å². The largest absolute Gasteiger partial charge is 0.353 e. The number of carbonyl (C=O) groups excluding carboxylic acids is 2. The molecule has 2 N–H and O–H groups in total. The van der Waals surface area contributed by atoms with Crippen molar-refractivity contribution in [2.75, 3.05) is 41.7 Å². The van der Waals surface area contributed by atoms with E-state index in [0.717, 1.165) is 22.9 Å². The van der Waals surface area contributed by atoms with Crippen LogP contribution in [0.4, 0.5) is 26.5 Å². The maximum absolute atomic E-state index is 14.1. The lowest BCUT2D eigenvalue weighted by molar-refractivity contribution is 0.0741. The number of carbonyl (C=O) groups is 2. The standard InChI is InChI=1S/C31H35FN8O2/c1-20-10-11-22(19-33-20)40-28(18-26(37-40)31(3,4)5)36-30(42)35-25-12-13-27(34-21(25)2)38-14-16-39(17-15-38)29(41)23-8-6-7-9-24(23)32/h6-13,18-19H,14-17H2,1-5H3,(H2,35,36,42). The molecule has 0 radical (unpaired) electrons. The molecule has 11 heteroatoms. The van der Waals surface area contributed by atoms with E-state index in [2.05, 4.69) is 41.3 Å². The van der Waals surface area contributed by atoms with Crippen molar-refractivity contribution in [3.63, 3.8) is 0 Å². The van der Waals surface area contributed by atoms with E-state index < -0.39 is 11.8 Å². The third-order valence-electron chi connectivity index (χ3n) is 7.17. The molecule has 10 nitrogen and oxygen atoms in total. The van der Waals surface area contributed by atoms with Crippen LogP contribution in [-0.2, 0) is 5.41 Å². The second-order valence-corrected chi connectivity index (χ2v) is 11.4. The van der Waals surface area contributed by atoms with Crippen molar-refractivity contribution in [3.8, 4) is 5.69 Å². The zero-order valence-electron chi connectivity index (χ0n) is 24.5. The molecule has 3 aromatic heterocycles. The second kappa shape index (κ2) is 11.6. The minimum atomic E-state index is -0.513. The monoisotopic (exact) mass is 570 g/mol. The van der Waals surface area contributed by atoms with E-state index in [9.17, 15) is 14.0 Å². The van der Waals surface area contributed by atoms with Crippen molar-refractivity contribution in [2.24, 2.45) is 0 Å². The fourth-order valence-electron chi connectivity index (χ4n) is 4.69. The summed E-state index contributed by atoms with van der Waals surface area (Å²) < 4.78 is 15.8. The lowest BCUT2D eigenvalue weighted by Crippen LogP contribution is -2.49. The Balaban J connectivity index is 1.24. The molecule has 1 aliphatic rings. The van der Waals surface area contributed by atoms with Gasteiger partial charge in [0.1, 0.15) is 17.5 Å². The van der Waals surface area contributed by atoms with E-state index in [1.807, 2.05) is 44.2 Å². The Labute approximate surface area is 244 Å². The molecule has 0 saturated carbocycles. The maximum Gasteiger partial charge on any atom is 0.324 e. The molecule has 5 rings (SSSR count). The Morgan fingerprint density at radius 2 is 1.67 bits per heavy atom. The summed E-state index contributed by atoms with van der Waals surface area (Å²) in [6.07, 6.45) is 1.72. The van der Waals surface area contributed by atoms with Crippen molar-refractivity contribution in [1.29, 1.82) is 0 Å². The van der Waals surface area contributed by atoms with Gasteiger partial charge in [-0.1, -0.05) is 32.9 Å².